The molecule has 4 heterocycles. The molecule has 3 aromatic rings. The van der Waals surface area contributed by atoms with Crippen molar-refractivity contribution in [3.05, 3.63) is 45.3 Å². The number of thiophene rings is 1. The molecule has 1 saturated heterocycles. The molecule has 0 aromatic carbocycles. The summed E-state index contributed by atoms with van der Waals surface area (Å²) in [7, 11) is 2.12. The summed E-state index contributed by atoms with van der Waals surface area (Å²) in [5, 5.41) is 15.4. The van der Waals surface area contributed by atoms with E-state index in [4.69, 9.17) is 5.26 Å². The van der Waals surface area contributed by atoms with E-state index >= 15 is 0 Å². The topological polar surface area (TPSA) is 77.2 Å². The third-order valence-electron chi connectivity index (χ3n) is 4.67. The van der Waals surface area contributed by atoms with Crippen molar-refractivity contribution in [2.75, 3.05) is 20.1 Å². The first-order valence-corrected chi connectivity index (χ1v) is 8.82. The summed E-state index contributed by atoms with van der Waals surface area (Å²) in [6, 6.07) is 5.65. The molecule has 1 aliphatic rings. The van der Waals surface area contributed by atoms with E-state index in [0.717, 1.165) is 42.1 Å². The van der Waals surface area contributed by atoms with E-state index in [9.17, 15) is 4.79 Å². The first kappa shape index (κ1) is 15.1. The molecule has 4 rings (SSSR count). The molecule has 0 spiro atoms. The molecule has 0 atom stereocenters. The average molecular weight is 339 g/mol. The van der Waals surface area contributed by atoms with Crippen LogP contribution in [0.4, 0.5) is 0 Å². The van der Waals surface area contributed by atoms with Gasteiger partial charge >= 0.3 is 0 Å². The van der Waals surface area contributed by atoms with Crippen molar-refractivity contribution in [1.82, 2.24) is 19.5 Å². The van der Waals surface area contributed by atoms with E-state index in [1.807, 2.05) is 16.0 Å². The lowest BCUT2D eigenvalue weighted by Gasteiger charge is -2.29. The van der Waals surface area contributed by atoms with Crippen molar-refractivity contribution >= 4 is 17.0 Å². The van der Waals surface area contributed by atoms with Crippen LogP contribution in [0, 0.1) is 11.3 Å². The summed E-state index contributed by atoms with van der Waals surface area (Å²) in [4.78, 5) is 18.4. The molecule has 122 valence electrons. The highest BCUT2D eigenvalue weighted by atomic mass is 32.1. The minimum absolute atomic E-state index is 0.102. The summed E-state index contributed by atoms with van der Waals surface area (Å²) >= 11 is 1.49. The molecule has 3 aromatic heterocycles. The molecule has 0 saturated carbocycles. The molecular formula is C17H17N5OS. The van der Waals surface area contributed by atoms with Crippen LogP contribution >= 0.6 is 11.3 Å². The van der Waals surface area contributed by atoms with Crippen molar-refractivity contribution in [2.24, 2.45) is 0 Å². The van der Waals surface area contributed by atoms with E-state index in [-0.39, 0.29) is 5.56 Å². The van der Waals surface area contributed by atoms with Gasteiger partial charge in [0.25, 0.3) is 5.56 Å². The van der Waals surface area contributed by atoms with Crippen molar-refractivity contribution in [3.63, 3.8) is 0 Å². The van der Waals surface area contributed by atoms with Gasteiger partial charge in [-0.1, -0.05) is 0 Å². The van der Waals surface area contributed by atoms with Crippen molar-refractivity contribution in [1.29, 1.82) is 5.26 Å². The third kappa shape index (κ3) is 2.54. The van der Waals surface area contributed by atoms with Gasteiger partial charge in [-0.3, -0.25) is 4.79 Å². The number of aromatic amines is 1. The smallest absolute Gasteiger partial charge is 0.251 e. The van der Waals surface area contributed by atoms with Gasteiger partial charge in [0.05, 0.1) is 23.0 Å². The fraction of sp³-hybridized carbons (Fsp3) is 0.353. The zero-order valence-corrected chi connectivity index (χ0v) is 14.1. The Hall–Kier alpha value is -2.43. The second kappa shape index (κ2) is 5.89. The van der Waals surface area contributed by atoms with E-state index in [2.05, 4.69) is 28.1 Å². The number of fused-ring (bicyclic) bond motifs is 1. The van der Waals surface area contributed by atoms with Gasteiger partial charge in [-0.25, -0.2) is 4.52 Å². The highest BCUT2D eigenvalue weighted by molar-refractivity contribution is 7.13. The second-order valence-corrected chi connectivity index (χ2v) is 7.18. The lowest BCUT2D eigenvalue weighted by Crippen LogP contribution is -2.30. The number of likely N-dealkylation sites (tertiary alicyclic amines) is 1. The van der Waals surface area contributed by atoms with Gasteiger partial charge in [-0.2, -0.15) is 10.4 Å². The zero-order valence-electron chi connectivity index (χ0n) is 13.3. The molecule has 0 bridgehead atoms. The zero-order chi connectivity index (χ0) is 16.7. The number of nitrogens with one attached hydrogen (secondary N) is 1. The largest absolute Gasteiger partial charge is 0.306 e. The Morgan fingerprint density at radius 3 is 2.88 bits per heavy atom. The minimum Gasteiger partial charge on any atom is -0.306 e. The normalized spacial score (nSPS) is 16.5. The Bertz CT molecular complexity index is 984. The Balaban J connectivity index is 1.83. The number of piperidine rings is 1. The van der Waals surface area contributed by atoms with Crippen molar-refractivity contribution in [3.8, 4) is 16.5 Å². The standard InChI is InChI=1S/C17H17N5OS/c1-21-4-2-12(3-5-21)14-7-16(23)20-17-13(9-19-22(14)17)15-6-11(8-18)10-24-15/h6-7,9-10,12H,2-5H2,1H3,(H,20,23). The fourth-order valence-electron chi connectivity index (χ4n) is 3.32. The molecular weight excluding hydrogens is 322 g/mol. The minimum atomic E-state index is -0.102. The van der Waals surface area contributed by atoms with Crippen LogP contribution in [0.2, 0.25) is 0 Å². The predicted octanol–water partition coefficient (Wildman–Crippen LogP) is 2.43. The first-order chi connectivity index (χ1) is 11.7. The van der Waals surface area contributed by atoms with Crippen LogP contribution in [0.15, 0.2) is 28.5 Å². The Labute approximate surface area is 143 Å². The van der Waals surface area contributed by atoms with Crippen LogP contribution < -0.4 is 5.56 Å². The van der Waals surface area contributed by atoms with Gasteiger partial charge in [0.2, 0.25) is 0 Å². The van der Waals surface area contributed by atoms with Crippen LogP contribution in [-0.4, -0.2) is 39.6 Å². The Morgan fingerprint density at radius 1 is 1.38 bits per heavy atom. The molecule has 0 amide bonds. The monoisotopic (exact) mass is 339 g/mol. The maximum atomic E-state index is 12.2. The molecule has 0 radical (unpaired) electrons. The van der Waals surface area contributed by atoms with E-state index < -0.39 is 0 Å². The van der Waals surface area contributed by atoms with Crippen molar-refractivity contribution in [2.45, 2.75) is 18.8 Å². The quantitative estimate of drug-likeness (QED) is 0.778. The first-order valence-electron chi connectivity index (χ1n) is 7.94. The maximum Gasteiger partial charge on any atom is 0.251 e. The lowest BCUT2D eigenvalue weighted by molar-refractivity contribution is 0.252. The lowest BCUT2D eigenvalue weighted by atomic mass is 9.93. The average Bonchev–Trinajstić information content (AvgIpc) is 3.21. The summed E-state index contributed by atoms with van der Waals surface area (Å²) in [6.07, 6.45) is 3.83. The van der Waals surface area contributed by atoms with Crippen LogP contribution in [-0.2, 0) is 0 Å². The van der Waals surface area contributed by atoms with E-state index in [0.29, 0.717) is 17.1 Å². The maximum absolute atomic E-state index is 12.2. The van der Waals surface area contributed by atoms with E-state index in [1.165, 1.54) is 11.3 Å². The molecule has 6 nitrogen and oxygen atoms in total. The molecule has 0 aliphatic carbocycles. The van der Waals surface area contributed by atoms with Gasteiger partial charge in [0, 0.05) is 22.2 Å². The molecule has 7 heteroatoms. The van der Waals surface area contributed by atoms with Gasteiger partial charge in [-0.05, 0) is 39.0 Å². The number of rotatable bonds is 2. The van der Waals surface area contributed by atoms with E-state index in [1.54, 1.807) is 12.3 Å². The summed E-state index contributed by atoms with van der Waals surface area (Å²) in [5.41, 5.74) is 3.08. The number of H-pyrrole nitrogens is 1. The second-order valence-electron chi connectivity index (χ2n) is 6.27. The third-order valence-corrected chi connectivity index (χ3v) is 5.63. The summed E-state index contributed by atoms with van der Waals surface area (Å²) in [5.74, 6) is 0.344. The number of nitrogens with zero attached hydrogens (tertiary/aromatic N) is 4. The van der Waals surface area contributed by atoms with Gasteiger partial charge in [0.15, 0.2) is 0 Å². The molecule has 0 unspecified atom stereocenters. The van der Waals surface area contributed by atoms with Gasteiger partial charge in [-0.15, -0.1) is 11.3 Å². The highest BCUT2D eigenvalue weighted by Gasteiger charge is 2.23. The predicted molar refractivity (Wildman–Crippen MR) is 93.3 cm³/mol. The molecule has 1 fully saturated rings. The Morgan fingerprint density at radius 2 is 2.17 bits per heavy atom. The molecule has 1 aliphatic heterocycles. The molecule has 1 N–H and O–H groups in total. The summed E-state index contributed by atoms with van der Waals surface area (Å²) in [6.45, 7) is 2.06. The SMILES string of the molecule is CN1CCC(c2cc(=O)[nH]c3c(-c4cc(C#N)cs4)cnn23)CC1. The van der Waals surface area contributed by atoms with Gasteiger partial charge in [0.1, 0.15) is 11.7 Å². The van der Waals surface area contributed by atoms with Crippen molar-refractivity contribution < 1.29 is 0 Å². The number of hydrogen-bond acceptors (Lipinski definition) is 5. The summed E-state index contributed by atoms with van der Waals surface area (Å²) < 4.78 is 1.86. The number of hydrogen-bond donors (Lipinski definition) is 1. The highest BCUT2D eigenvalue weighted by Crippen LogP contribution is 2.32. The van der Waals surface area contributed by atoms with Crippen LogP contribution in [0.5, 0.6) is 0 Å². The number of nitriles is 1. The molecule has 24 heavy (non-hydrogen) atoms. The van der Waals surface area contributed by atoms with Crippen LogP contribution in [0.1, 0.15) is 30.0 Å². The van der Waals surface area contributed by atoms with Crippen LogP contribution in [0.25, 0.3) is 16.1 Å². The van der Waals surface area contributed by atoms with Gasteiger partial charge < -0.3 is 9.88 Å². The van der Waals surface area contributed by atoms with Crippen LogP contribution in [0.3, 0.4) is 0 Å². The Kier molecular flexibility index (Phi) is 3.71. The number of aromatic nitrogens is 3. The fourth-order valence-corrected chi connectivity index (χ4v) is 4.17.